The van der Waals surface area contributed by atoms with Gasteiger partial charge in [-0.05, 0) is 39.0 Å². The van der Waals surface area contributed by atoms with Crippen LogP contribution in [-0.2, 0) is 24.6 Å². The molecule has 136 valence electrons. The van der Waals surface area contributed by atoms with Crippen LogP contribution in [0.5, 0.6) is 0 Å². The number of nitrogens with one attached hydrogen (secondary N) is 1. The summed E-state index contributed by atoms with van der Waals surface area (Å²) in [4.78, 5) is 0. The molecule has 0 aromatic carbocycles. The van der Waals surface area contributed by atoms with Gasteiger partial charge in [0.25, 0.3) is 0 Å². The molecule has 1 aliphatic carbocycles. The third kappa shape index (κ3) is 4.90. The van der Waals surface area contributed by atoms with E-state index in [1.807, 2.05) is 27.7 Å². The van der Waals surface area contributed by atoms with Crippen LogP contribution in [-0.4, -0.2) is 52.3 Å². The van der Waals surface area contributed by atoms with E-state index in [1.54, 1.807) is 0 Å². The van der Waals surface area contributed by atoms with Crippen LogP contribution in [0.4, 0.5) is 0 Å². The molecule has 3 atom stereocenters. The molecule has 0 spiro atoms. The summed E-state index contributed by atoms with van der Waals surface area (Å²) in [6.07, 6.45) is 2.04. The molecule has 0 radical (unpaired) electrons. The number of sulfonamides is 1. The maximum absolute atomic E-state index is 12.4. The van der Waals surface area contributed by atoms with Crippen LogP contribution in [0.2, 0.25) is 0 Å². The van der Waals surface area contributed by atoms with E-state index in [2.05, 4.69) is 4.72 Å². The Balaban J connectivity index is 1.92. The van der Waals surface area contributed by atoms with E-state index < -0.39 is 19.9 Å². The van der Waals surface area contributed by atoms with Gasteiger partial charge in [-0.2, -0.15) is 0 Å². The van der Waals surface area contributed by atoms with Gasteiger partial charge in [-0.3, -0.25) is 0 Å². The zero-order valence-electron chi connectivity index (χ0n) is 14.4. The van der Waals surface area contributed by atoms with Crippen LogP contribution >= 0.6 is 0 Å². The molecule has 2 aliphatic rings. The first-order chi connectivity index (χ1) is 10.4. The standard InChI is InChI=1S/C15H29NO5S2/c1-11(2)21-14-8-13(15(14,3)4)16-23(19,20)10-12-6-5-7-22(17,18)9-12/h11-14,16H,5-10H2,1-4H3. The van der Waals surface area contributed by atoms with E-state index in [0.717, 1.165) is 0 Å². The molecule has 8 heteroatoms. The predicted molar refractivity (Wildman–Crippen MR) is 90.5 cm³/mol. The molecular formula is C15H29NO5S2. The second kappa shape index (κ2) is 6.61. The predicted octanol–water partition coefficient (Wildman–Crippen LogP) is 1.32. The number of sulfone groups is 1. The van der Waals surface area contributed by atoms with Gasteiger partial charge in [-0.15, -0.1) is 0 Å². The van der Waals surface area contributed by atoms with Crippen molar-refractivity contribution >= 4 is 19.9 Å². The molecule has 3 unspecified atom stereocenters. The maximum atomic E-state index is 12.4. The van der Waals surface area contributed by atoms with Crippen molar-refractivity contribution in [1.82, 2.24) is 4.72 Å². The topological polar surface area (TPSA) is 89.5 Å². The van der Waals surface area contributed by atoms with Crippen LogP contribution in [0.15, 0.2) is 0 Å². The lowest BCUT2D eigenvalue weighted by atomic mass is 9.65. The third-order valence-electron chi connectivity index (χ3n) is 4.95. The van der Waals surface area contributed by atoms with Gasteiger partial charge in [0.05, 0.1) is 29.5 Å². The monoisotopic (exact) mass is 367 g/mol. The van der Waals surface area contributed by atoms with Gasteiger partial charge in [-0.25, -0.2) is 21.6 Å². The molecule has 23 heavy (non-hydrogen) atoms. The zero-order chi connectivity index (χ0) is 17.5. The Morgan fingerprint density at radius 2 is 1.96 bits per heavy atom. The molecule has 0 aromatic rings. The molecule has 0 aromatic heterocycles. The fraction of sp³-hybridized carbons (Fsp3) is 1.00. The Morgan fingerprint density at radius 3 is 2.48 bits per heavy atom. The molecule has 1 saturated carbocycles. The van der Waals surface area contributed by atoms with Crippen LogP contribution in [0.25, 0.3) is 0 Å². The minimum atomic E-state index is -3.48. The van der Waals surface area contributed by atoms with Crippen LogP contribution < -0.4 is 4.72 Å². The van der Waals surface area contributed by atoms with Crippen LogP contribution in [0.3, 0.4) is 0 Å². The highest BCUT2D eigenvalue weighted by atomic mass is 32.2. The molecule has 2 fully saturated rings. The maximum Gasteiger partial charge on any atom is 0.212 e. The van der Waals surface area contributed by atoms with Crippen molar-refractivity contribution in [3.05, 3.63) is 0 Å². The molecule has 2 rings (SSSR count). The van der Waals surface area contributed by atoms with Crippen molar-refractivity contribution in [2.24, 2.45) is 11.3 Å². The second-order valence-corrected chi connectivity index (χ2v) is 11.8. The van der Waals surface area contributed by atoms with E-state index >= 15 is 0 Å². The number of rotatable bonds is 6. The fourth-order valence-corrected chi connectivity index (χ4v) is 7.23. The van der Waals surface area contributed by atoms with Crippen LogP contribution in [0.1, 0.15) is 47.0 Å². The number of ether oxygens (including phenoxy) is 1. The Bertz CT molecular complexity index is 624. The fourth-order valence-electron chi connectivity index (χ4n) is 3.47. The van der Waals surface area contributed by atoms with Crippen molar-refractivity contribution in [2.75, 3.05) is 17.3 Å². The van der Waals surface area contributed by atoms with Crippen molar-refractivity contribution in [3.8, 4) is 0 Å². The largest absolute Gasteiger partial charge is 0.375 e. The zero-order valence-corrected chi connectivity index (χ0v) is 16.0. The SMILES string of the molecule is CC(C)OC1CC(NS(=O)(=O)CC2CCCS(=O)(=O)C2)C1(C)C. The lowest BCUT2D eigenvalue weighted by molar-refractivity contribution is -0.133. The van der Waals surface area contributed by atoms with Crippen molar-refractivity contribution in [1.29, 1.82) is 0 Å². The van der Waals surface area contributed by atoms with Crippen molar-refractivity contribution in [2.45, 2.75) is 65.2 Å². The molecule has 6 nitrogen and oxygen atoms in total. The average molecular weight is 368 g/mol. The molecular weight excluding hydrogens is 338 g/mol. The quantitative estimate of drug-likeness (QED) is 0.765. The normalized spacial score (nSPS) is 33.3. The Hall–Kier alpha value is -0.180. The smallest absolute Gasteiger partial charge is 0.212 e. The van der Waals surface area contributed by atoms with Gasteiger partial charge in [0, 0.05) is 11.5 Å². The average Bonchev–Trinajstić information content (AvgIpc) is 2.35. The number of hydrogen-bond donors (Lipinski definition) is 1. The van der Waals surface area contributed by atoms with E-state index in [1.165, 1.54) is 0 Å². The molecule has 1 heterocycles. The highest BCUT2D eigenvalue weighted by Gasteiger charge is 2.50. The van der Waals surface area contributed by atoms with Gasteiger partial charge in [0.1, 0.15) is 0 Å². The molecule has 1 aliphatic heterocycles. The van der Waals surface area contributed by atoms with E-state index in [4.69, 9.17) is 4.74 Å². The summed E-state index contributed by atoms with van der Waals surface area (Å²) in [5, 5.41) is 0. The molecule has 0 amide bonds. The molecule has 1 N–H and O–H groups in total. The van der Waals surface area contributed by atoms with Gasteiger partial charge in [0.15, 0.2) is 9.84 Å². The van der Waals surface area contributed by atoms with E-state index in [-0.39, 0.29) is 46.8 Å². The first-order valence-electron chi connectivity index (χ1n) is 8.27. The highest BCUT2D eigenvalue weighted by Crippen LogP contribution is 2.43. The number of hydrogen-bond acceptors (Lipinski definition) is 5. The Morgan fingerprint density at radius 1 is 1.30 bits per heavy atom. The van der Waals surface area contributed by atoms with Crippen molar-refractivity contribution < 1.29 is 21.6 Å². The highest BCUT2D eigenvalue weighted by molar-refractivity contribution is 7.91. The summed E-state index contributed by atoms with van der Waals surface area (Å²) in [5.74, 6) is -0.228. The van der Waals surface area contributed by atoms with Crippen molar-refractivity contribution in [3.63, 3.8) is 0 Å². The van der Waals surface area contributed by atoms with E-state index in [9.17, 15) is 16.8 Å². The first-order valence-corrected chi connectivity index (χ1v) is 11.7. The summed E-state index contributed by atoms with van der Waals surface area (Å²) >= 11 is 0. The molecule has 0 bridgehead atoms. The first kappa shape index (κ1) is 19.1. The summed E-state index contributed by atoms with van der Waals surface area (Å²) in [6, 6.07) is -0.156. The molecule has 1 saturated heterocycles. The third-order valence-corrected chi connectivity index (χ3v) is 8.39. The lowest BCUT2D eigenvalue weighted by Gasteiger charge is -2.52. The Kier molecular flexibility index (Phi) is 5.51. The van der Waals surface area contributed by atoms with Gasteiger partial charge < -0.3 is 4.74 Å². The minimum absolute atomic E-state index is 0.0128. The second-order valence-electron chi connectivity index (χ2n) is 7.81. The summed E-state index contributed by atoms with van der Waals surface area (Å²) in [6.45, 7) is 7.94. The Labute approximate surface area is 140 Å². The van der Waals surface area contributed by atoms with Gasteiger partial charge >= 0.3 is 0 Å². The van der Waals surface area contributed by atoms with Gasteiger partial charge in [0.2, 0.25) is 10.0 Å². The summed E-state index contributed by atoms with van der Waals surface area (Å²) in [5.41, 5.74) is -0.254. The van der Waals surface area contributed by atoms with E-state index in [0.29, 0.717) is 19.3 Å². The minimum Gasteiger partial charge on any atom is -0.375 e. The summed E-state index contributed by atoms with van der Waals surface area (Å²) < 4.78 is 56.6. The van der Waals surface area contributed by atoms with Crippen LogP contribution in [0, 0.1) is 11.3 Å². The lowest BCUT2D eigenvalue weighted by Crippen LogP contribution is -2.62. The van der Waals surface area contributed by atoms with Gasteiger partial charge in [-0.1, -0.05) is 13.8 Å². The summed E-state index contributed by atoms with van der Waals surface area (Å²) in [7, 11) is -6.57.